The fourth-order valence-corrected chi connectivity index (χ4v) is 2.15. The molecule has 0 spiro atoms. The van der Waals surface area contributed by atoms with Crippen LogP contribution in [-0.2, 0) is 0 Å². The molecule has 6 nitrogen and oxygen atoms in total. The molecule has 21 heavy (non-hydrogen) atoms. The fraction of sp³-hybridized carbons (Fsp3) is 0.333. The van der Waals surface area contributed by atoms with Crippen molar-refractivity contribution in [2.45, 2.75) is 32.9 Å². The highest BCUT2D eigenvalue weighted by molar-refractivity contribution is 5.38. The molecule has 0 saturated heterocycles. The Morgan fingerprint density at radius 2 is 1.76 bits per heavy atom. The maximum absolute atomic E-state index is 11.9. The topological polar surface area (TPSA) is 87.1 Å². The number of aromatic amines is 1. The Kier molecular flexibility index (Phi) is 4.16. The first-order valence-electron chi connectivity index (χ1n) is 6.80. The Labute approximate surface area is 122 Å². The molecule has 1 atom stereocenters. The number of hydrogen-bond donors (Lipinski definition) is 3. The molecule has 2 rings (SSSR count). The number of anilines is 1. The Morgan fingerprint density at radius 1 is 1.14 bits per heavy atom. The summed E-state index contributed by atoms with van der Waals surface area (Å²) in [6.45, 7) is 5.46. The Hall–Kier alpha value is -2.50. The van der Waals surface area contributed by atoms with Gasteiger partial charge in [-0.3, -0.25) is 14.3 Å². The highest BCUT2D eigenvalue weighted by Crippen LogP contribution is 2.19. The second-order valence-electron chi connectivity index (χ2n) is 5.25. The fourth-order valence-electron chi connectivity index (χ4n) is 2.15. The lowest BCUT2D eigenvalue weighted by molar-refractivity contribution is 0.475. The minimum absolute atomic E-state index is 0.115. The Morgan fingerprint density at radius 3 is 2.29 bits per heavy atom. The summed E-state index contributed by atoms with van der Waals surface area (Å²) in [6, 6.07) is 7.81. The summed E-state index contributed by atoms with van der Waals surface area (Å²) in [4.78, 5) is 26.5. The van der Waals surface area contributed by atoms with Crippen molar-refractivity contribution >= 4 is 5.82 Å². The van der Waals surface area contributed by atoms with Gasteiger partial charge in [0.1, 0.15) is 11.6 Å². The van der Waals surface area contributed by atoms with Crippen LogP contribution in [0.3, 0.4) is 0 Å². The minimum atomic E-state index is -0.432. The van der Waals surface area contributed by atoms with Crippen molar-refractivity contribution in [1.82, 2.24) is 9.55 Å². The molecule has 0 aliphatic heterocycles. The number of H-pyrrole nitrogens is 1. The number of phenolic OH excluding ortho intramolecular Hbond substituents is 1. The minimum Gasteiger partial charge on any atom is -0.508 e. The van der Waals surface area contributed by atoms with Crippen molar-refractivity contribution in [3.63, 3.8) is 0 Å². The highest BCUT2D eigenvalue weighted by atomic mass is 16.3. The number of hydrogen-bond acceptors (Lipinski definition) is 4. The molecule has 3 N–H and O–H groups in total. The summed E-state index contributed by atoms with van der Waals surface area (Å²) in [5, 5.41) is 12.3. The summed E-state index contributed by atoms with van der Waals surface area (Å²) in [7, 11) is 0. The van der Waals surface area contributed by atoms with Gasteiger partial charge in [0.25, 0.3) is 5.56 Å². The molecule has 112 valence electrons. The molecule has 1 aromatic heterocycles. The number of nitrogens with one attached hydrogen (secondary N) is 2. The van der Waals surface area contributed by atoms with Gasteiger partial charge in [-0.15, -0.1) is 0 Å². The van der Waals surface area contributed by atoms with Crippen LogP contribution in [0.5, 0.6) is 5.75 Å². The molecule has 6 heteroatoms. The number of phenols is 1. The van der Waals surface area contributed by atoms with Crippen LogP contribution in [-0.4, -0.2) is 14.7 Å². The van der Waals surface area contributed by atoms with Crippen LogP contribution in [0.4, 0.5) is 5.82 Å². The van der Waals surface area contributed by atoms with E-state index in [1.165, 1.54) is 6.07 Å². The van der Waals surface area contributed by atoms with Gasteiger partial charge in [-0.1, -0.05) is 12.1 Å². The van der Waals surface area contributed by atoms with E-state index in [9.17, 15) is 14.7 Å². The molecule has 0 aliphatic carbocycles. The summed E-state index contributed by atoms with van der Waals surface area (Å²) >= 11 is 0. The molecule has 1 unspecified atom stereocenters. The lowest BCUT2D eigenvalue weighted by Gasteiger charge is -2.16. The monoisotopic (exact) mass is 289 g/mol. The van der Waals surface area contributed by atoms with E-state index in [-0.39, 0.29) is 23.4 Å². The van der Waals surface area contributed by atoms with Crippen molar-refractivity contribution in [3.05, 3.63) is 56.7 Å². The number of aromatic nitrogens is 2. The molecule has 0 bridgehead atoms. The number of rotatable bonds is 4. The summed E-state index contributed by atoms with van der Waals surface area (Å²) in [5.74, 6) is 0.571. The molecule has 1 heterocycles. The van der Waals surface area contributed by atoms with Gasteiger partial charge in [0, 0.05) is 18.2 Å². The first-order valence-corrected chi connectivity index (χ1v) is 6.80. The van der Waals surface area contributed by atoms with Gasteiger partial charge in [0.05, 0.1) is 0 Å². The second-order valence-corrected chi connectivity index (χ2v) is 5.25. The van der Waals surface area contributed by atoms with Gasteiger partial charge in [0.15, 0.2) is 0 Å². The maximum atomic E-state index is 11.9. The molecule has 0 saturated carbocycles. The van der Waals surface area contributed by atoms with E-state index < -0.39 is 5.69 Å². The van der Waals surface area contributed by atoms with E-state index in [1.54, 1.807) is 38.1 Å². The average molecular weight is 289 g/mol. The number of benzene rings is 1. The predicted molar refractivity (Wildman–Crippen MR) is 81.9 cm³/mol. The van der Waals surface area contributed by atoms with E-state index in [0.717, 1.165) is 10.1 Å². The van der Waals surface area contributed by atoms with Gasteiger partial charge < -0.3 is 10.4 Å². The van der Waals surface area contributed by atoms with Crippen LogP contribution in [0, 0.1) is 0 Å². The summed E-state index contributed by atoms with van der Waals surface area (Å²) in [6.07, 6.45) is 0. The molecule has 0 amide bonds. The second kappa shape index (κ2) is 5.87. The smallest absolute Gasteiger partial charge is 0.330 e. The summed E-state index contributed by atoms with van der Waals surface area (Å²) < 4.78 is 1.16. The van der Waals surface area contributed by atoms with Crippen LogP contribution in [0.2, 0.25) is 0 Å². The number of nitrogens with zero attached hydrogens (tertiary/aromatic N) is 1. The molecule has 2 aromatic rings. The van der Waals surface area contributed by atoms with E-state index in [0.29, 0.717) is 5.82 Å². The van der Waals surface area contributed by atoms with Crippen LogP contribution < -0.4 is 16.6 Å². The lowest BCUT2D eigenvalue weighted by Crippen LogP contribution is -2.36. The van der Waals surface area contributed by atoms with Crippen LogP contribution in [0.1, 0.15) is 38.4 Å². The normalized spacial score (nSPS) is 12.4. The molecular weight excluding hydrogens is 270 g/mol. The van der Waals surface area contributed by atoms with Gasteiger partial charge >= 0.3 is 5.69 Å². The van der Waals surface area contributed by atoms with Crippen molar-refractivity contribution in [1.29, 1.82) is 0 Å². The Bertz CT molecular complexity index is 698. The van der Waals surface area contributed by atoms with Crippen LogP contribution in [0.15, 0.2) is 39.9 Å². The zero-order chi connectivity index (χ0) is 15.6. The molecule has 0 radical (unpaired) electrons. The first kappa shape index (κ1) is 14.9. The molecule has 1 aromatic carbocycles. The largest absolute Gasteiger partial charge is 0.508 e. The van der Waals surface area contributed by atoms with Gasteiger partial charge in [-0.25, -0.2) is 4.79 Å². The van der Waals surface area contributed by atoms with E-state index in [2.05, 4.69) is 10.3 Å². The average Bonchev–Trinajstić information content (AvgIpc) is 2.37. The van der Waals surface area contributed by atoms with Crippen LogP contribution >= 0.6 is 0 Å². The predicted octanol–water partition coefficient (Wildman–Crippen LogP) is 2.00. The van der Waals surface area contributed by atoms with E-state index in [1.807, 2.05) is 6.92 Å². The Balaban J connectivity index is 2.26. The lowest BCUT2D eigenvalue weighted by atomic mass is 10.1. The highest BCUT2D eigenvalue weighted by Gasteiger charge is 2.10. The summed E-state index contributed by atoms with van der Waals surface area (Å²) in [5.41, 5.74) is 0.161. The molecule has 0 aliphatic rings. The number of aromatic hydroxyl groups is 1. The van der Waals surface area contributed by atoms with Crippen molar-refractivity contribution < 1.29 is 5.11 Å². The third kappa shape index (κ3) is 3.34. The molecule has 0 fully saturated rings. The third-order valence-electron chi connectivity index (χ3n) is 3.25. The quantitative estimate of drug-likeness (QED) is 0.803. The zero-order valence-electron chi connectivity index (χ0n) is 12.3. The molecular formula is C15H19N3O3. The zero-order valence-corrected chi connectivity index (χ0v) is 12.3. The van der Waals surface area contributed by atoms with Crippen molar-refractivity contribution in [2.75, 3.05) is 5.32 Å². The van der Waals surface area contributed by atoms with Crippen molar-refractivity contribution in [2.24, 2.45) is 0 Å². The van der Waals surface area contributed by atoms with E-state index >= 15 is 0 Å². The standard InChI is InChI=1S/C15H19N3O3/c1-9(2)18-14(20)8-13(17-15(18)21)16-10(3)11-4-6-12(19)7-5-11/h4-10,16,19H,1-3H3,(H,17,21). The maximum Gasteiger partial charge on any atom is 0.330 e. The SMILES string of the molecule is CC(Nc1cc(=O)n(C(C)C)c(=O)[nH]1)c1ccc(O)cc1. The van der Waals surface area contributed by atoms with Crippen molar-refractivity contribution in [3.8, 4) is 5.75 Å². The van der Waals surface area contributed by atoms with Gasteiger partial charge in [0.2, 0.25) is 0 Å². The third-order valence-corrected chi connectivity index (χ3v) is 3.25. The van der Waals surface area contributed by atoms with E-state index in [4.69, 9.17) is 0 Å². The van der Waals surface area contributed by atoms with Crippen LogP contribution in [0.25, 0.3) is 0 Å². The van der Waals surface area contributed by atoms with Gasteiger partial charge in [-0.05, 0) is 38.5 Å². The first-order chi connectivity index (χ1) is 9.88. The van der Waals surface area contributed by atoms with Gasteiger partial charge in [-0.2, -0.15) is 0 Å².